The number of sulfone groups is 1. The van der Waals surface area contributed by atoms with E-state index in [2.05, 4.69) is 10.3 Å². The number of carbonyl (C=O) groups is 1. The molecule has 0 aromatic heterocycles. The molecule has 0 heterocycles. The Kier molecular flexibility index (Phi) is 5.97. The molecule has 0 spiro atoms. The van der Waals surface area contributed by atoms with Crippen molar-refractivity contribution in [3.8, 4) is 5.75 Å². The molecule has 0 saturated heterocycles. The number of rotatable bonds is 7. The molecule has 1 rings (SSSR count). The number of hydrogen-bond acceptors (Lipinski definition) is 5. The Morgan fingerprint density at radius 3 is 2.35 bits per heavy atom. The van der Waals surface area contributed by atoms with Crippen LogP contribution in [0.4, 0.5) is 0 Å². The third-order valence-electron chi connectivity index (χ3n) is 2.37. The standard InChI is InChI=1S/C13H19NO5S/c1-10(2)19-11-4-6-12(7-5-11)20(16,17)9-8-13(15)14-18-3/h4-7,10H,8-9H2,1-3H3,(H,14,15). The average Bonchev–Trinajstić information content (AvgIpc) is 2.37. The Bertz CT molecular complexity index is 536. The third-order valence-corrected chi connectivity index (χ3v) is 4.10. The van der Waals surface area contributed by atoms with Crippen LogP contribution in [0.2, 0.25) is 0 Å². The van der Waals surface area contributed by atoms with Gasteiger partial charge in [-0.15, -0.1) is 0 Å². The van der Waals surface area contributed by atoms with E-state index in [1.54, 1.807) is 12.1 Å². The van der Waals surface area contributed by atoms with Crippen LogP contribution >= 0.6 is 0 Å². The topological polar surface area (TPSA) is 81.7 Å². The van der Waals surface area contributed by atoms with Gasteiger partial charge in [0.25, 0.3) is 0 Å². The molecule has 1 amide bonds. The van der Waals surface area contributed by atoms with Crippen LogP contribution in [0, 0.1) is 0 Å². The Balaban J connectivity index is 2.70. The lowest BCUT2D eigenvalue weighted by Gasteiger charge is -2.10. The van der Waals surface area contributed by atoms with Crippen LogP contribution in [-0.2, 0) is 19.5 Å². The van der Waals surface area contributed by atoms with Crippen LogP contribution in [0.1, 0.15) is 20.3 Å². The highest BCUT2D eigenvalue weighted by Gasteiger charge is 2.16. The molecule has 1 aromatic carbocycles. The van der Waals surface area contributed by atoms with Gasteiger partial charge in [-0.3, -0.25) is 9.63 Å². The molecule has 1 aromatic rings. The second-order valence-electron chi connectivity index (χ2n) is 4.44. The van der Waals surface area contributed by atoms with E-state index in [1.807, 2.05) is 13.8 Å². The van der Waals surface area contributed by atoms with Crippen molar-refractivity contribution in [2.45, 2.75) is 31.3 Å². The molecule has 0 aliphatic carbocycles. The van der Waals surface area contributed by atoms with Crippen molar-refractivity contribution >= 4 is 15.7 Å². The lowest BCUT2D eigenvalue weighted by Crippen LogP contribution is -2.24. The van der Waals surface area contributed by atoms with Crippen molar-refractivity contribution in [2.24, 2.45) is 0 Å². The van der Waals surface area contributed by atoms with Gasteiger partial charge in [0, 0.05) is 6.42 Å². The van der Waals surface area contributed by atoms with Gasteiger partial charge >= 0.3 is 0 Å². The lowest BCUT2D eigenvalue weighted by atomic mass is 10.3. The second kappa shape index (κ2) is 7.25. The van der Waals surface area contributed by atoms with Crippen molar-refractivity contribution in [3.63, 3.8) is 0 Å². The van der Waals surface area contributed by atoms with Gasteiger partial charge in [0.1, 0.15) is 5.75 Å². The maximum Gasteiger partial charge on any atom is 0.244 e. The summed E-state index contributed by atoms with van der Waals surface area (Å²) in [6.07, 6.45) is -0.129. The maximum atomic E-state index is 12.0. The number of hydroxylamine groups is 1. The molecular weight excluding hydrogens is 282 g/mol. The molecule has 1 N–H and O–H groups in total. The highest BCUT2D eigenvalue weighted by molar-refractivity contribution is 7.91. The second-order valence-corrected chi connectivity index (χ2v) is 6.55. The van der Waals surface area contributed by atoms with E-state index in [1.165, 1.54) is 19.2 Å². The normalized spacial score (nSPS) is 11.4. The van der Waals surface area contributed by atoms with Crippen molar-refractivity contribution < 1.29 is 22.8 Å². The molecule has 0 atom stereocenters. The zero-order valence-electron chi connectivity index (χ0n) is 11.8. The molecule has 0 aliphatic rings. The molecule has 112 valence electrons. The summed E-state index contributed by atoms with van der Waals surface area (Å²) in [4.78, 5) is 15.8. The number of ether oxygens (including phenoxy) is 1. The minimum Gasteiger partial charge on any atom is -0.491 e. The summed E-state index contributed by atoms with van der Waals surface area (Å²) < 4.78 is 29.5. The monoisotopic (exact) mass is 301 g/mol. The summed E-state index contributed by atoms with van der Waals surface area (Å²) in [7, 11) is -2.20. The Morgan fingerprint density at radius 2 is 1.85 bits per heavy atom. The van der Waals surface area contributed by atoms with Crippen LogP contribution in [0.5, 0.6) is 5.75 Å². The molecule has 0 aliphatic heterocycles. The van der Waals surface area contributed by atoms with Crippen LogP contribution in [0.3, 0.4) is 0 Å². The van der Waals surface area contributed by atoms with Crippen molar-refractivity contribution in [2.75, 3.05) is 12.9 Å². The van der Waals surface area contributed by atoms with Gasteiger partial charge in [-0.1, -0.05) is 0 Å². The fraction of sp³-hybridized carbons (Fsp3) is 0.462. The lowest BCUT2D eigenvalue weighted by molar-refractivity contribution is -0.130. The first kappa shape index (κ1) is 16.5. The fourth-order valence-corrected chi connectivity index (χ4v) is 2.75. The van der Waals surface area contributed by atoms with E-state index in [0.29, 0.717) is 5.75 Å². The van der Waals surface area contributed by atoms with Crippen LogP contribution < -0.4 is 10.2 Å². The van der Waals surface area contributed by atoms with Gasteiger partial charge in [0.05, 0.1) is 23.9 Å². The Morgan fingerprint density at radius 1 is 1.25 bits per heavy atom. The smallest absolute Gasteiger partial charge is 0.244 e. The summed E-state index contributed by atoms with van der Waals surface area (Å²) in [5.41, 5.74) is 2.08. The van der Waals surface area contributed by atoms with Gasteiger partial charge < -0.3 is 4.74 Å². The van der Waals surface area contributed by atoms with Crippen molar-refractivity contribution in [1.82, 2.24) is 5.48 Å². The van der Waals surface area contributed by atoms with Gasteiger partial charge in [-0.2, -0.15) is 0 Å². The third kappa shape index (κ3) is 5.18. The summed E-state index contributed by atoms with van der Waals surface area (Å²) in [5.74, 6) is -0.140. The first-order valence-electron chi connectivity index (χ1n) is 6.16. The molecular formula is C13H19NO5S. The predicted molar refractivity (Wildman–Crippen MR) is 74.0 cm³/mol. The van der Waals surface area contributed by atoms with E-state index in [4.69, 9.17) is 4.74 Å². The minimum absolute atomic E-state index is 0.0233. The van der Waals surface area contributed by atoms with Gasteiger partial charge in [0.15, 0.2) is 9.84 Å². The zero-order valence-corrected chi connectivity index (χ0v) is 12.6. The maximum absolute atomic E-state index is 12.0. The average molecular weight is 301 g/mol. The van der Waals surface area contributed by atoms with E-state index >= 15 is 0 Å². The number of amides is 1. The van der Waals surface area contributed by atoms with E-state index < -0.39 is 15.7 Å². The number of benzene rings is 1. The van der Waals surface area contributed by atoms with Gasteiger partial charge in [-0.05, 0) is 38.1 Å². The summed E-state index contributed by atoms with van der Waals surface area (Å²) in [6.45, 7) is 3.78. The van der Waals surface area contributed by atoms with Crippen LogP contribution in [-0.4, -0.2) is 33.3 Å². The van der Waals surface area contributed by atoms with Crippen molar-refractivity contribution in [1.29, 1.82) is 0 Å². The number of hydrogen-bond donors (Lipinski definition) is 1. The molecule has 0 saturated carbocycles. The van der Waals surface area contributed by atoms with Crippen molar-refractivity contribution in [3.05, 3.63) is 24.3 Å². The van der Waals surface area contributed by atoms with E-state index in [9.17, 15) is 13.2 Å². The number of nitrogens with one attached hydrogen (secondary N) is 1. The van der Waals surface area contributed by atoms with E-state index in [0.717, 1.165) is 0 Å². The summed E-state index contributed by atoms with van der Waals surface area (Å²) in [5, 5.41) is 0. The quantitative estimate of drug-likeness (QED) is 0.768. The summed E-state index contributed by atoms with van der Waals surface area (Å²) >= 11 is 0. The van der Waals surface area contributed by atoms with Crippen LogP contribution in [0.15, 0.2) is 29.2 Å². The summed E-state index contributed by atoms with van der Waals surface area (Å²) in [6, 6.07) is 6.15. The fourth-order valence-electron chi connectivity index (χ4n) is 1.51. The molecule has 0 radical (unpaired) electrons. The first-order valence-corrected chi connectivity index (χ1v) is 7.81. The molecule has 0 fully saturated rings. The Labute approximate surface area is 119 Å². The largest absolute Gasteiger partial charge is 0.491 e. The molecule has 7 heteroatoms. The van der Waals surface area contributed by atoms with Crippen LogP contribution in [0.25, 0.3) is 0 Å². The number of carbonyl (C=O) groups excluding carboxylic acids is 1. The predicted octanol–water partition coefficient (Wildman–Crippen LogP) is 1.32. The molecule has 0 unspecified atom stereocenters. The molecule has 6 nitrogen and oxygen atoms in total. The van der Waals surface area contributed by atoms with E-state index in [-0.39, 0.29) is 23.2 Å². The minimum atomic E-state index is -3.49. The highest BCUT2D eigenvalue weighted by atomic mass is 32.2. The van der Waals surface area contributed by atoms with Gasteiger partial charge in [-0.25, -0.2) is 13.9 Å². The molecule has 0 bridgehead atoms. The first-order chi connectivity index (χ1) is 9.35. The zero-order chi connectivity index (χ0) is 15.2. The SMILES string of the molecule is CONC(=O)CCS(=O)(=O)c1ccc(OC(C)C)cc1. The highest BCUT2D eigenvalue weighted by Crippen LogP contribution is 2.18. The Hall–Kier alpha value is -1.60. The molecule has 20 heavy (non-hydrogen) atoms. The van der Waals surface area contributed by atoms with Gasteiger partial charge in [0.2, 0.25) is 5.91 Å².